The summed E-state index contributed by atoms with van der Waals surface area (Å²) in [5, 5.41) is 4.75. The first kappa shape index (κ1) is 11.6. The van der Waals surface area contributed by atoms with Crippen LogP contribution in [0.1, 0.15) is 24.3 Å². The maximum absolute atomic E-state index is 5.74. The Morgan fingerprint density at radius 1 is 1.38 bits per heavy atom. The molecule has 0 aliphatic heterocycles. The van der Waals surface area contributed by atoms with Gasteiger partial charge in [-0.3, -0.25) is 0 Å². The third-order valence-electron chi connectivity index (χ3n) is 2.58. The second kappa shape index (κ2) is 4.95. The Labute approximate surface area is 100 Å². The lowest BCUT2D eigenvalue weighted by Gasteiger charge is -2.04. The maximum Gasteiger partial charge on any atom is 0.0391 e. The standard InChI is InChI=1S/C13H18N2S/c1-9(2)15-8-12-6-10-4-3-5-11(7-14)13(10)16-12/h3-6,9,15H,7-8,14H2,1-2H3. The van der Waals surface area contributed by atoms with Crippen molar-refractivity contribution in [3.05, 3.63) is 34.7 Å². The molecule has 1 aromatic carbocycles. The van der Waals surface area contributed by atoms with E-state index in [-0.39, 0.29) is 0 Å². The Morgan fingerprint density at radius 3 is 2.88 bits per heavy atom. The maximum atomic E-state index is 5.74. The van der Waals surface area contributed by atoms with E-state index >= 15 is 0 Å². The van der Waals surface area contributed by atoms with Gasteiger partial charge in [0, 0.05) is 28.7 Å². The first-order chi connectivity index (χ1) is 7.70. The minimum absolute atomic E-state index is 0.527. The molecule has 0 amide bonds. The SMILES string of the molecule is CC(C)NCc1cc2cccc(CN)c2s1. The number of hydrogen-bond acceptors (Lipinski definition) is 3. The molecule has 3 heteroatoms. The fourth-order valence-corrected chi connectivity index (χ4v) is 2.86. The average Bonchev–Trinajstić information content (AvgIpc) is 2.68. The normalized spacial score (nSPS) is 11.5. The molecule has 0 aliphatic carbocycles. The summed E-state index contributed by atoms with van der Waals surface area (Å²) in [5.74, 6) is 0. The topological polar surface area (TPSA) is 38.0 Å². The van der Waals surface area contributed by atoms with E-state index in [9.17, 15) is 0 Å². The van der Waals surface area contributed by atoms with Crippen molar-refractivity contribution in [3.8, 4) is 0 Å². The Bertz CT molecular complexity index is 474. The van der Waals surface area contributed by atoms with E-state index < -0.39 is 0 Å². The molecular weight excluding hydrogens is 216 g/mol. The van der Waals surface area contributed by atoms with E-state index in [1.807, 2.05) is 11.3 Å². The number of hydrogen-bond donors (Lipinski definition) is 2. The van der Waals surface area contributed by atoms with Gasteiger partial charge in [-0.2, -0.15) is 0 Å². The minimum atomic E-state index is 0.527. The van der Waals surface area contributed by atoms with E-state index in [2.05, 4.69) is 43.4 Å². The molecule has 16 heavy (non-hydrogen) atoms. The van der Waals surface area contributed by atoms with Crippen LogP contribution in [-0.2, 0) is 13.1 Å². The highest BCUT2D eigenvalue weighted by Gasteiger charge is 2.05. The zero-order valence-electron chi connectivity index (χ0n) is 9.79. The molecule has 0 atom stereocenters. The molecule has 3 N–H and O–H groups in total. The van der Waals surface area contributed by atoms with Crippen LogP contribution in [0.4, 0.5) is 0 Å². The predicted octanol–water partition coefficient (Wildman–Crippen LogP) is 2.86. The Hall–Kier alpha value is -0.900. The van der Waals surface area contributed by atoms with Crippen LogP contribution in [0, 0.1) is 0 Å². The summed E-state index contributed by atoms with van der Waals surface area (Å²) < 4.78 is 1.34. The van der Waals surface area contributed by atoms with E-state index in [1.165, 1.54) is 20.5 Å². The molecule has 0 spiro atoms. The molecular formula is C13H18N2S. The van der Waals surface area contributed by atoms with E-state index in [4.69, 9.17) is 5.73 Å². The Balaban J connectivity index is 2.29. The summed E-state index contributed by atoms with van der Waals surface area (Å²) in [6.45, 7) is 5.90. The number of rotatable bonds is 4. The number of nitrogens with two attached hydrogens (primary N) is 1. The van der Waals surface area contributed by atoms with Crippen molar-refractivity contribution in [2.45, 2.75) is 33.0 Å². The van der Waals surface area contributed by atoms with Crippen LogP contribution in [0.5, 0.6) is 0 Å². The van der Waals surface area contributed by atoms with Gasteiger partial charge in [-0.15, -0.1) is 11.3 Å². The summed E-state index contributed by atoms with van der Waals surface area (Å²) in [4.78, 5) is 1.38. The molecule has 86 valence electrons. The van der Waals surface area contributed by atoms with Crippen molar-refractivity contribution in [1.29, 1.82) is 0 Å². The summed E-state index contributed by atoms with van der Waals surface area (Å²) in [6, 6.07) is 9.13. The third-order valence-corrected chi connectivity index (χ3v) is 3.81. The van der Waals surface area contributed by atoms with Crippen molar-refractivity contribution in [2.24, 2.45) is 5.73 Å². The van der Waals surface area contributed by atoms with E-state index in [1.54, 1.807) is 0 Å². The average molecular weight is 234 g/mol. The van der Waals surface area contributed by atoms with Gasteiger partial charge < -0.3 is 11.1 Å². The van der Waals surface area contributed by atoms with Crippen molar-refractivity contribution >= 4 is 21.4 Å². The number of benzene rings is 1. The molecule has 2 nitrogen and oxygen atoms in total. The van der Waals surface area contributed by atoms with Crippen LogP contribution >= 0.6 is 11.3 Å². The molecule has 2 rings (SSSR count). The summed E-state index contributed by atoms with van der Waals surface area (Å²) in [5.41, 5.74) is 6.99. The zero-order valence-corrected chi connectivity index (χ0v) is 10.6. The van der Waals surface area contributed by atoms with E-state index in [0.717, 1.165) is 6.54 Å². The Morgan fingerprint density at radius 2 is 2.19 bits per heavy atom. The quantitative estimate of drug-likeness (QED) is 0.853. The third kappa shape index (κ3) is 2.43. The summed E-state index contributed by atoms with van der Waals surface area (Å²) >= 11 is 1.85. The van der Waals surface area contributed by atoms with Crippen molar-refractivity contribution in [2.75, 3.05) is 0 Å². The molecule has 1 heterocycles. The molecule has 0 fully saturated rings. The van der Waals surface area contributed by atoms with Crippen LogP contribution in [0.2, 0.25) is 0 Å². The van der Waals surface area contributed by atoms with Gasteiger partial charge in [0.2, 0.25) is 0 Å². The Kier molecular flexibility index (Phi) is 3.59. The van der Waals surface area contributed by atoms with Crippen LogP contribution in [-0.4, -0.2) is 6.04 Å². The lowest BCUT2D eigenvalue weighted by atomic mass is 10.1. The molecule has 0 aliphatic rings. The van der Waals surface area contributed by atoms with Crippen molar-refractivity contribution in [1.82, 2.24) is 5.32 Å². The van der Waals surface area contributed by atoms with Gasteiger partial charge >= 0.3 is 0 Å². The van der Waals surface area contributed by atoms with Gasteiger partial charge in [-0.1, -0.05) is 32.0 Å². The van der Waals surface area contributed by atoms with Gasteiger partial charge in [-0.05, 0) is 17.0 Å². The fraction of sp³-hybridized carbons (Fsp3) is 0.385. The lowest BCUT2D eigenvalue weighted by molar-refractivity contribution is 0.593. The molecule has 0 radical (unpaired) electrons. The molecule has 0 saturated carbocycles. The summed E-state index contributed by atoms with van der Waals surface area (Å²) in [7, 11) is 0. The van der Waals surface area contributed by atoms with Gasteiger partial charge in [0.15, 0.2) is 0 Å². The predicted molar refractivity (Wildman–Crippen MR) is 71.7 cm³/mol. The zero-order chi connectivity index (χ0) is 11.5. The van der Waals surface area contributed by atoms with Gasteiger partial charge in [0.25, 0.3) is 0 Å². The monoisotopic (exact) mass is 234 g/mol. The highest BCUT2D eigenvalue weighted by molar-refractivity contribution is 7.19. The summed E-state index contributed by atoms with van der Waals surface area (Å²) in [6.07, 6.45) is 0. The van der Waals surface area contributed by atoms with Gasteiger partial charge in [0.05, 0.1) is 0 Å². The van der Waals surface area contributed by atoms with Crippen molar-refractivity contribution in [3.63, 3.8) is 0 Å². The highest BCUT2D eigenvalue weighted by atomic mass is 32.1. The van der Waals surface area contributed by atoms with Crippen LogP contribution in [0.15, 0.2) is 24.3 Å². The van der Waals surface area contributed by atoms with Crippen LogP contribution < -0.4 is 11.1 Å². The second-order valence-electron chi connectivity index (χ2n) is 4.29. The molecule has 0 saturated heterocycles. The minimum Gasteiger partial charge on any atom is -0.326 e. The van der Waals surface area contributed by atoms with Gasteiger partial charge in [0.1, 0.15) is 0 Å². The smallest absolute Gasteiger partial charge is 0.0391 e. The second-order valence-corrected chi connectivity index (χ2v) is 5.42. The van der Waals surface area contributed by atoms with Crippen LogP contribution in [0.25, 0.3) is 10.1 Å². The number of fused-ring (bicyclic) bond motifs is 1. The first-order valence-corrected chi connectivity index (χ1v) is 6.46. The molecule has 0 bridgehead atoms. The van der Waals surface area contributed by atoms with Crippen LogP contribution in [0.3, 0.4) is 0 Å². The van der Waals surface area contributed by atoms with E-state index in [0.29, 0.717) is 12.6 Å². The first-order valence-electron chi connectivity index (χ1n) is 5.64. The van der Waals surface area contributed by atoms with Gasteiger partial charge in [-0.25, -0.2) is 0 Å². The molecule has 0 unspecified atom stereocenters. The van der Waals surface area contributed by atoms with Crippen molar-refractivity contribution < 1.29 is 0 Å². The number of thiophene rings is 1. The molecule has 2 aromatic rings. The number of nitrogens with one attached hydrogen (secondary N) is 1. The highest BCUT2D eigenvalue weighted by Crippen LogP contribution is 2.28. The fourth-order valence-electron chi connectivity index (χ4n) is 1.73. The largest absolute Gasteiger partial charge is 0.326 e. The lowest BCUT2D eigenvalue weighted by Crippen LogP contribution is -2.21. The molecule has 1 aromatic heterocycles.